The van der Waals surface area contributed by atoms with Crippen LogP contribution >= 0.6 is 11.3 Å². The van der Waals surface area contributed by atoms with Gasteiger partial charge in [-0.05, 0) is 57.0 Å². The Morgan fingerprint density at radius 1 is 1.00 bits per heavy atom. The van der Waals surface area contributed by atoms with E-state index in [-0.39, 0.29) is 0 Å². The minimum atomic E-state index is 0.802. The number of hydrazone groups is 1. The third kappa shape index (κ3) is 3.26. The third-order valence-electron chi connectivity index (χ3n) is 4.79. The Morgan fingerprint density at radius 2 is 1.74 bits per heavy atom. The fraction of sp³-hybridized carbons (Fsp3) is 0.182. The summed E-state index contributed by atoms with van der Waals surface area (Å²) in [6.07, 6.45) is 1.87. The molecule has 0 radical (unpaired) electrons. The Kier molecular flexibility index (Phi) is 4.54. The largest absolute Gasteiger partial charge is 0.317 e. The molecule has 0 atom stereocenters. The highest BCUT2D eigenvalue weighted by molar-refractivity contribution is 7.22. The molecule has 4 nitrogen and oxygen atoms in total. The molecule has 136 valence electrons. The zero-order valence-corrected chi connectivity index (χ0v) is 16.8. The van der Waals surface area contributed by atoms with Crippen LogP contribution in [0.15, 0.2) is 53.6 Å². The molecular formula is C22H22N4S. The highest BCUT2D eigenvalue weighted by Gasteiger charge is 2.13. The van der Waals surface area contributed by atoms with Gasteiger partial charge >= 0.3 is 0 Å². The van der Waals surface area contributed by atoms with Crippen molar-refractivity contribution in [3.05, 3.63) is 76.6 Å². The molecular weight excluding hydrogens is 352 g/mol. The van der Waals surface area contributed by atoms with E-state index in [0.29, 0.717) is 0 Å². The lowest BCUT2D eigenvalue weighted by molar-refractivity contribution is 0.943. The predicted octanol–water partition coefficient (Wildman–Crippen LogP) is 5.77. The van der Waals surface area contributed by atoms with E-state index in [2.05, 4.69) is 78.1 Å². The summed E-state index contributed by atoms with van der Waals surface area (Å²) in [7, 11) is 0. The average molecular weight is 375 g/mol. The lowest BCUT2D eigenvalue weighted by Gasteiger charge is -2.15. The van der Waals surface area contributed by atoms with Gasteiger partial charge in [-0.3, -0.25) is 5.43 Å². The van der Waals surface area contributed by atoms with Crippen LogP contribution in [0.3, 0.4) is 0 Å². The molecule has 0 amide bonds. The fourth-order valence-corrected chi connectivity index (χ4v) is 4.31. The summed E-state index contributed by atoms with van der Waals surface area (Å²) in [5.74, 6) is 0. The van der Waals surface area contributed by atoms with Gasteiger partial charge in [0.15, 0.2) is 0 Å². The number of rotatable bonds is 4. The summed E-state index contributed by atoms with van der Waals surface area (Å²) in [6, 6.07) is 16.7. The van der Waals surface area contributed by atoms with Crippen molar-refractivity contribution in [2.24, 2.45) is 5.10 Å². The minimum Gasteiger partial charge on any atom is -0.317 e. The Hall–Kier alpha value is -2.92. The van der Waals surface area contributed by atoms with E-state index in [9.17, 15) is 0 Å². The molecule has 0 aliphatic carbocycles. The number of aromatic nitrogens is 2. The number of nitrogens with zero attached hydrogens (tertiary/aromatic N) is 3. The Balaban J connectivity index is 1.62. The predicted molar refractivity (Wildman–Crippen MR) is 116 cm³/mol. The van der Waals surface area contributed by atoms with Gasteiger partial charge in [-0.15, -0.1) is 0 Å². The molecule has 4 rings (SSSR count). The van der Waals surface area contributed by atoms with Crippen LogP contribution in [-0.2, 0) is 0 Å². The quantitative estimate of drug-likeness (QED) is 0.364. The Bertz CT molecular complexity index is 1100. The van der Waals surface area contributed by atoms with Crippen LogP contribution in [0.4, 0.5) is 5.13 Å². The normalized spacial score (nSPS) is 11.6. The van der Waals surface area contributed by atoms with Gasteiger partial charge in [0.2, 0.25) is 5.13 Å². The summed E-state index contributed by atoms with van der Waals surface area (Å²) in [6.45, 7) is 8.59. The molecule has 27 heavy (non-hydrogen) atoms. The van der Waals surface area contributed by atoms with Crippen LogP contribution in [0.5, 0.6) is 0 Å². The van der Waals surface area contributed by atoms with E-state index in [1.54, 1.807) is 11.3 Å². The molecule has 2 aromatic heterocycles. The SMILES string of the molecule is Cc1cccc(C)c1-n1c(C)cc(/C=N\Nc2nc3ccccc3s2)c1C. The summed E-state index contributed by atoms with van der Waals surface area (Å²) in [4.78, 5) is 4.55. The zero-order valence-electron chi connectivity index (χ0n) is 15.9. The highest BCUT2D eigenvalue weighted by Crippen LogP contribution is 2.26. The number of hydrogen-bond donors (Lipinski definition) is 1. The van der Waals surface area contributed by atoms with Crippen LogP contribution in [0.2, 0.25) is 0 Å². The number of nitrogens with one attached hydrogen (secondary N) is 1. The number of para-hydroxylation sites is 2. The smallest absolute Gasteiger partial charge is 0.204 e. The summed E-state index contributed by atoms with van der Waals surface area (Å²) < 4.78 is 3.47. The van der Waals surface area contributed by atoms with Gasteiger partial charge in [0, 0.05) is 17.0 Å². The maximum absolute atomic E-state index is 4.55. The standard InChI is InChI=1S/C22H22N4S/c1-14-8-7-9-15(2)21(14)26-16(3)12-18(17(26)4)13-23-25-22-24-19-10-5-6-11-20(19)27-22/h5-13H,1-4H3,(H,24,25)/b23-13-. The van der Waals surface area contributed by atoms with E-state index >= 15 is 0 Å². The molecule has 1 N–H and O–H groups in total. The molecule has 4 aromatic rings. The summed E-state index contributed by atoms with van der Waals surface area (Å²) >= 11 is 1.60. The molecule has 0 saturated heterocycles. The molecule has 0 unspecified atom stereocenters. The van der Waals surface area contributed by atoms with Gasteiger partial charge in [-0.1, -0.05) is 41.7 Å². The number of benzene rings is 2. The van der Waals surface area contributed by atoms with Gasteiger partial charge in [0.05, 0.1) is 22.1 Å². The lowest BCUT2D eigenvalue weighted by Crippen LogP contribution is -2.04. The van der Waals surface area contributed by atoms with Crippen molar-refractivity contribution in [2.45, 2.75) is 27.7 Å². The molecule has 0 spiro atoms. The second-order valence-electron chi connectivity index (χ2n) is 6.76. The number of aryl methyl sites for hydroxylation is 3. The van der Waals surface area contributed by atoms with E-state index in [1.807, 2.05) is 24.4 Å². The minimum absolute atomic E-state index is 0.802. The first-order chi connectivity index (χ1) is 13.0. The van der Waals surface area contributed by atoms with Crippen molar-refractivity contribution in [3.8, 4) is 5.69 Å². The Labute approximate surface area is 163 Å². The molecule has 0 aliphatic rings. The molecule has 2 heterocycles. The fourth-order valence-electron chi connectivity index (χ4n) is 3.50. The molecule has 0 fully saturated rings. The van der Waals surface area contributed by atoms with Gasteiger partial charge in [0.1, 0.15) is 0 Å². The maximum atomic E-state index is 4.55. The van der Waals surface area contributed by atoms with Crippen molar-refractivity contribution in [3.63, 3.8) is 0 Å². The first-order valence-electron chi connectivity index (χ1n) is 8.95. The van der Waals surface area contributed by atoms with Crippen LogP contribution in [0.1, 0.15) is 28.1 Å². The second-order valence-corrected chi connectivity index (χ2v) is 7.79. The number of anilines is 1. The van der Waals surface area contributed by atoms with E-state index in [1.165, 1.54) is 28.2 Å². The zero-order chi connectivity index (χ0) is 19.0. The van der Waals surface area contributed by atoms with Gasteiger partial charge in [-0.2, -0.15) is 5.10 Å². The average Bonchev–Trinajstić information content (AvgIpc) is 3.17. The first-order valence-corrected chi connectivity index (χ1v) is 9.76. The molecule has 0 bridgehead atoms. The second kappa shape index (κ2) is 7.00. The molecule has 0 aliphatic heterocycles. The van der Waals surface area contributed by atoms with Crippen molar-refractivity contribution in [1.29, 1.82) is 0 Å². The molecule has 0 saturated carbocycles. The van der Waals surface area contributed by atoms with Gasteiger partial charge < -0.3 is 4.57 Å². The Morgan fingerprint density at radius 3 is 2.48 bits per heavy atom. The number of thiazole rings is 1. The molecule has 5 heteroatoms. The molecule has 2 aromatic carbocycles. The van der Waals surface area contributed by atoms with Gasteiger partial charge in [-0.25, -0.2) is 4.98 Å². The van der Waals surface area contributed by atoms with Crippen molar-refractivity contribution < 1.29 is 0 Å². The van der Waals surface area contributed by atoms with E-state index < -0.39 is 0 Å². The van der Waals surface area contributed by atoms with E-state index in [4.69, 9.17) is 0 Å². The summed E-state index contributed by atoms with van der Waals surface area (Å²) in [5.41, 5.74) is 11.3. The van der Waals surface area contributed by atoms with Crippen LogP contribution in [-0.4, -0.2) is 15.8 Å². The van der Waals surface area contributed by atoms with Crippen LogP contribution < -0.4 is 5.43 Å². The van der Waals surface area contributed by atoms with Crippen LogP contribution in [0, 0.1) is 27.7 Å². The lowest BCUT2D eigenvalue weighted by atomic mass is 10.1. The van der Waals surface area contributed by atoms with Crippen LogP contribution in [0.25, 0.3) is 15.9 Å². The first kappa shape index (κ1) is 17.5. The van der Waals surface area contributed by atoms with Crippen molar-refractivity contribution in [1.82, 2.24) is 9.55 Å². The van der Waals surface area contributed by atoms with Crippen molar-refractivity contribution in [2.75, 3.05) is 5.43 Å². The highest BCUT2D eigenvalue weighted by atomic mass is 32.1. The number of hydrogen-bond acceptors (Lipinski definition) is 4. The third-order valence-corrected chi connectivity index (χ3v) is 5.73. The van der Waals surface area contributed by atoms with Crippen molar-refractivity contribution >= 4 is 32.9 Å². The number of fused-ring (bicyclic) bond motifs is 1. The summed E-state index contributed by atoms with van der Waals surface area (Å²) in [5, 5.41) is 5.22. The monoisotopic (exact) mass is 374 g/mol. The van der Waals surface area contributed by atoms with E-state index in [0.717, 1.165) is 20.9 Å². The maximum Gasteiger partial charge on any atom is 0.204 e. The topological polar surface area (TPSA) is 42.2 Å². The van der Waals surface area contributed by atoms with Gasteiger partial charge in [0.25, 0.3) is 0 Å².